The Bertz CT molecular complexity index is 571. The smallest absolute Gasteiger partial charge is 0.241 e. The number of sulfonamides is 1. The van der Waals surface area contributed by atoms with Gasteiger partial charge in [-0.2, -0.15) is 0 Å². The van der Waals surface area contributed by atoms with Gasteiger partial charge in [-0.1, -0.05) is 30.9 Å². The molecule has 0 amide bonds. The molecule has 0 spiro atoms. The second-order valence-corrected chi connectivity index (χ2v) is 7.70. The van der Waals surface area contributed by atoms with Crippen LogP contribution in [0.2, 0.25) is 5.02 Å². The van der Waals surface area contributed by atoms with Crippen molar-refractivity contribution < 1.29 is 8.42 Å². The van der Waals surface area contributed by atoms with Crippen LogP contribution in [0.1, 0.15) is 32.1 Å². The maximum absolute atomic E-state index is 12.3. The van der Waals surface area contributed by atoms with Crippen LogP contribution in [-0.2, 0) is 10.0 Å². The van der Waals surface area contributed by atoms with Gasteiger partial charge in [0.2, 0.25) is 10.0 Å². The van der Waals surface area contributed by atoms with Crippen LogP contribution in [0.25, 0.3) is 0 Å². The molecule has 0 aromatic heterocycles. The van der Waals surface area contributed by atoms with Crippen molar-refractivity contribution in [3.05, 3.63) is 21.6 Å². The van der Waals surface area contributed by atoms with E-state index in [1.807, 2.05) is 0 Å². The van der Waals surface area contributed by atoms with Crippen LogP contribution in [0.3, 0.4) is 0 Å². The molecule has 1 fully saturated rings. The van der Waals surface area contributed by atoms with Gasteiger partial charge in [0.15, 0.2) is 0 Å². The fourth-order valence-electron chi connectivity index (χ4n) is 2.25. The maximum Gasteiger partial charge on any atom is 0.241 e. The number of nitrogens with two attached hydrogens (primary N) is 1. The van der Waals surface area contributed by atoms with E-state index in [1.165, 1.54) is 18.6 Å². The minimum Gasteiger partial charge on any atom is -0.397 e. The van der Waals surface area contributed by atoms with Crippen molar-refractivity contribution in [3.63, 3.8) is 0 Å². The number of halogens is 2. The van der Waals surface area contributed by atoms with E-state index >= 15 is 0 Å². The Labute approximate surface area is 126 Å². The first-order valence-electron chi connectivity index (χ1n) is 6.17. The van der Waals surface area contributed by atoms with Gasteiger partial charge in [0.25, 0.3) is 0 Å². The third-order valence-corrected chi connectivity index (χ3v) is 6.07. The molecule has 106 valence electrons. The fraction of sp³-hybridized carbons (Fsp3) is 0.500. The molecule has 1 aliphatic carbocycles. The van der Waals surface area contributed by atoms with Crippen LogP contribution < -0.4 is 10.5 Å². The van der Waals surface area contributed by atoms with E-state index in [2.05, 4.69) is 20.7 Å². The maximum atomic E-state index is 12.3. The number of rotatable bonds is 3. The molecule has 1 aromatic carbocycles. The number of benzene rings is 1. The zero-order valence-corrected chi connectivity index (χ0v) is 13.5. The van der Waals surface area contributed by atoms with Gasteiger partial charge >= 0.3 is 0 Å². The molecular weight excluding hydrogens is 352 g/mol. The van der Waals surface area contributed by atoms with Crippen molar-refractivity contribution in [1.29, 1.82) is 0 Å². The highest BCUT2D eigenvalue weighted by molar-refractivity contribution is 9.10. The molecule has 0 aliphatic heterocycles. The number of hydrogen-bond donors (Lipinski definition) is 2. The van der Waals surface area contributed by atoms with Gasteiger partial charge in [0.05, 0.1) is 15.6 Å². The third-order valence-electron chi connectivity index (χ3n) is 3.27. The molecule has 7 heteroatoms. The molecule has 0 radical (unpaired) electrons. The SMILES string of the molecule is Nc1cc(Br)c(S(=O)(=O)NC2CCCCC2)cc1Cl. The van der Waals surface area contributed by atoms with Crippen molar-refractivity contribution in [2.24, 2.45) is 0 Å². The normalized spacial score (nSPS) is 17.6. The molecule has 1 saturated carbocycles. The largest absolute Gasteiger partial charge is 0.397 e. The Morgan fingerprint density at radius 3 is 2.53 bits per heavy atom. The summed E-state index contributed by atoms with van der Waals surface area (Å²) in [6.45, 7) is 0. The zero-order valence-electron chi connectivity index (χ0n) is 10.3. The lowest BCUT2D eigenvalue weighted by atomic mass is 9.96. The summed E-state index contributed by atoms with van der Waals surface area (Å²) in [5, 5.41) is 0.243. The number of hydrogen-bond acceptors (Lipinski definition) is 3. The summed E-state index contributed by atoms with van der Waals surface area (Å²) in [5.41, 5.74) is 5.99. The van der Waals surface area contributed by atoms with Crippen LogP contribution >= 0.6 is 27.5 Å². The predicted molar refractivity (Wildman–Crippen MR) is 80.8 cm³/mol. The van der Waals surface area contributed by atoms with E-state index in [0.717, 1.165) is 25.7 Å². The molecule has 0 saturated heterocycles. The molecule has 0 atom stereocenters. The monoisotopic (exact) mass is 366 g/mol. The minimum atomic E-state index is -3.57. The summed E-state index contributed by atoms with van der Waals surface area (Å²) in [4.78, 5) is 0.136. The molecular formula is C12H16BrClN2O2S. The molecule has 1 aromatic rings. The highest BCUT2D eigenvalue weighted by Crippen LogP contribution is 2.31. The van der Waals surface area contributed by atoms with Crippen molar-refractivity contribution in [3.8, 4) is 0 Å². The average Bonchev–Trinajstić information content (AvgIpc) is 2.34. The quantitative estimate of drug-likeness (QED) is 0.805. The lowest BCUT2D eigenvalue weighted by Gasteiger charge is -2.23. The van der Waals surface area contributed by atoms with Crippen molar-refractivity contribution in [1.82, 2.24) is 4.72 Å². The van der Waals surface area contributed by atoms with Gasteiger partial charge in [-0.15, -0.1) is 0 Å². The average molecular weight is 368 g/mol. The summed E-state index contributed by atoms with van der Waals surface area (Å²) in [7, 11) is -3.57. The van der Waals surface area contributed by atoms with Crippen molar-refractivity contribution in [2.75, 3.05) is 5.73 Å². The molecule has 1 aliphatic rings. The van der Waals surface area contributed by atoms with Crippen LogP contribution in [-0.4, -0.2) is 14.5 Å². The lowest BCUT2D eigenvalue weighted by molar-refractivity contribution is 0.412. The predicted octanol–water partition coefficient (Wildman–Crippen LogP) is 3.30. The van der Waals surface area contributed by atoms with E-state index in [0.29, 0.717) is 10.2 Å². The van der Waals surface area contributed by atoms with Gasteiger partial charge < -0.3 is 5.73 Å². The Hall–Kier alpha value is -0.300. The molecule has 4 nitrogen and oxygen atoms in total. The Morgan fingerprint density at radius 2 is 1.89 bits per heavy atom. The van der Waals surface area contributed by atoms with Gasteiger partial charge in [-0.3, -0.25) is 0 Å². The number of nitrogen functional groups attached to an aromatic ring is 1. The molecule has 0 unspecified atom stereocenters. The van der Waals surface area contributed by atoms with E-state index in [-0.39, 0.29) is 16.0 Å². The van der Waals surface area contributed by atoms with Gasteiger partial charge in [0, 0.05) is 10.5 Å². The first kappa shape index (κ1) is 15.1. The summed E-state index contributed by atoms with van der Waals surface area (Å²) >= 11 is 9.12. The third kappa shape index (κ3) is 3.62. The highest BCUT2D eigenvalue weighted by Gasteiger charge is 2.24. The molecule has 0 heterocycles. The van der Waals surface area contributed by atoms with Crippen molar-refractivity contribution in [2.45, 2.75) is 43.0 Å². The zero-order chi connectivity index (χ0) is 14.0. The van der Waals surface area contributed by atoms with Crippen LogP contribution in [0.5, 0.6) is 0 Å². The van der Waals surface area contributed by atoms with Gasteiger partial charge in [-0.25, -0.2) is 13.1 Å². The molecule has 3 N–H and O–H groups in total. The van der Waals surface area contributed by atoms with Crippen LogP contribution in [0.4, 0.5) is 5.69 Å². The Kier molecular flexibility index (Phi) is 4.76. The van der Waals surface area contributed by atoms with Gasteiger partial charge in [0.1, 0.15) is 0 Å². The Morgan fingerprint density at radius 1 is 1.26 bits per heavy atom. The lowest BCUT2D eigenvalue weighted by Crippen LogP contribution is -2.36. The first-order valence-corrected chi connectivity index (χ1v) is 8.82. The number of nitrogens with one attached hydrogen (secondary N) is 1. The van der Waals surface area contributed by atoms with Gasteiger partial charge in [-0.05, 0) is 40.9 Å². The molecule has 0 bridgehead atoms. The summed E-state index contributed by atoms with van der Waals surface area (Å²) in [6.07, 6.45) is 5.09. The number of anilines is 1. The first-order chi connectivity index (χ1) is 8.90. The van der Waals surface area contributed by atoms with E-state index in [1.54, 1.807) is 0 Å². The summed E-state index contributed by atoms with van der Waals surface area (Å²) in [5.74, 6) is 0. The minimum absolute atomic E-state index is 0.0157. The molecule has 2 rings (SSSR count). The topological polar surface area (TPSA) is 72.2 Å². The summed E-state index contributed by atoms with van der Waals surface area (Å²) in [6, 6.07) is 2.91. The second-order valence-electron chi connectivity index (χ2n) is 4.76. The summed E-state index contributed by atoms with van der Waals surface area (Å²) < 4.78 is 27.9. The second kappa shape index (κ2) is 5.99. The van der Waals surface area contributed by atoms with Crippen molar-refractivity contribution >= 4 is 43.2 Å². The molecule has 19 heavy (non-hydrogen) atoms. The standard InChI is InChI=1S/C12H16BrClN2O2S/c13-9-6-11(15)10(14)7-12(9)19(17,18)16-8-4-2-1-3-5-8/h6-8,16H,1-5,15H2. The van der Waals surface area contributed by atoms with Crippen LogP contribution in [0, 0.1) is 0 Å². The Balaban J connectivity index is 2.26. The van der Waals surface area contributed by atoms with E-state index in [4.69, 9.17) is 17.3 Å². The van der Waals surface area contributed by atoms with Crippen LogP contribution in [0.15, 0.2) is 21.5 Å². The van der Waals surface area contributed by atoms with E-state index in [9.17, 15) is 8.42 Å². The fourth-order valence-corrected chi connectivity index (χ4v) is 4.87. The highest BCUT2D eigenvalue weighted by atomic mass is 79.9. The van der Waals surface area contributed by atoms with E-state index < -0.39 is 10.0 Å².